The first-order valence-electron chi connectivity index (χ1n) is 5.47. The normalized spacial score (nSPS) is 11.3. The minimum absolute atomic E-state index is 0.0238. The number of sulfonamides is 1. The molecule has 0 radical (unpaired) electrons. The van der Waals surface area contributed by atoms with Gasteiger partial charge in [-0.25, -0.2) is 8.42 Å². The van der Waals surface area contributed by atoms with Gasteiger partial charge in [0.05, 0.1) is 10.6 Å². The molecule has 2 aromatic rings. The van der Waals surface area contributed by atoms with E-state index in [4.69, 9.17) is 5.11 Å². The molecule has 0 saturated heterocycles. The number of anilines is 1. The number of nitrogens with one attached hydrogen (secondary N) is 1. The summed E-state index contributed by atoms with van der Waals surface area (Å²) >= 11 is 3.35. The Hall–Kier alpha value is -1.53. The zero-order valence-corrected chi connectivity index (χ0v) is 12.5. The van der Waals surface area contributed by atoms with E-state index in [1.165, 1.54) is 24.3 Å². The fourth-order valence-corrected chi connectivity index (χ4v) is 3.12. The molecule has 0 heterocycles. The molecule has 0 spiro atoms. The predicted octanol–water partition coefficient (Wildman–Crippen LogP) is 3.26. The van der Waals surface area contributed by atoms with Crippen molar-refractivity contribution in [1.82, 2.24) is 0 Å². The van der Waals surface area contributed by atoms with Crippen molar-refractivity contribution in [3.8, 4) is 5.75 Å². The highest BCUT2D eigenvalue weighted by Gasteiger charge is 2.15. The molecular weight excluding hydrogens is 330 g/mol. The summed E-state index contributed by atoms with van der Waals surface area (Å²) in [5.74, 6) is 0.0238. The lowest BCUT2D eigenvalue weighted by molar-refractivity contribution is 0.475. The number of hydrogen-bond donors (Lipinski definition) is 2. The molecule has 6 heteroatoms. The molecule has 0 unspecified atom stereocenters. The molecule has 0 atom stereocenters. The van der Waals surface area contributed by atoms with Gasteiger partial charge in [-0.1, -0.05) is 12.1 Å². The quantitative estimate of drug-likeness (QED) is 0.900. The van der Waals surface area contributed by atoms with Crippen LogP contribution >= 0.6 is 15.9 Å². The van der Waals surface area contributed by atoms with Crippen molar-refractivity contribution in [2.75, 3.05) is 4.72 Å². The highest BCUT2D eigenvalue weighted by molar-refractivity contribution is 9.10. The van der Waals surface area contributed by atoms with Crippen LogP contribution in [-0.4, -0.2) is 13.5 Å². The van der Waals surface area contributed by atoms with Gasteiger partial charge in [0.2, 0.25) is 0 Å². The molecule has 0 amide bonds. The van der Waals surface area contributed by atoms with E-state index in [0.29, 0.717) is 10.2 Å². The van der Waals surface area contributed by atoms with Crippen LogP contribution in [0.25, 0.3) is 0 Å². The van der Waals surface area contributed by atoms with Gasteiger partial charge in [-0.05, 0) is 58.7 Å². The van der Waals surface area contributed by atoms with Crippen molar-refractivity contribution in [3.05, 3.63) is 52.5 Å². The zero-order chi connectivity index (χ0) is 14.0. The van der Waals surface area contributed by atoms with Crippen LogP contribution in [0.5, 0.6) is 5.75 Å². The van der Waals surface area contributed by atoms with Gasteiger partial charge in [-0.2, -0.15) is 0 Å². The Labute approximate surface area is 120 Å². The Balaban J connectivity index is 2.36. The molecule has 0 saturated carbocycles. The molecule has 2 rings (SSSR count). The summed E-state index contributed by atoms with van der Waals surface area (Å²) in [7, 11) is -3.66. The van der Waals surface area contributed by atoms with Crippen molar-refractivity contribution >= 4 is 31.6 Å². The van der Waals surface area contributed by atoms with Gasteiger partial charge in [0.25, 0.3) is 10.0 Å². The van der Waals surface area contributed by atoms with Crippen LogP contribution in [0.15, 0.2) is 51.8 Å². The average Bonchev–Trinajstić information content (AvgIpc) is 2.35. The van der Waals surface area contributed by atoms with E-state index in [1.807, 2.05) is 13.0 Å². The molecular formula is C13H12BrNO3S. The third-order valence-corrected chi connectivity index (χ3v) is 5.02. The maximum atomic E-state index is 12.2. The van der Waals surface area contributed by atoms with Crippen LogP contribution in [-0.2, 0) is 10.0 Å². The fraction of sp³-hybridized carbons (Fsp3) is 0.0769. The highest BCUT2D eigenvalue weighted by Crippen LogP contribution is 2.28. The molecule has 100 valence electrons. The third kappa shape index (κ3) is 3.08. The lowest BCUT2D eigenvalue weighted by Gasteiger charge is -2.11. The topological polar surface area (TPSA) is 66.4 Å². The Morgan fingerprint density at radius 2 is 1.74 bits per heavy atom. The van der Waals surface area contributed by atoms with E-state index in [2.05, 4.69) is 20.7 Å². The van der Waals surface area contributed by atoms with Crippen LogP contribution in [0.4, 0.5) is 5.69 Å². The van der Waals surface area contributed by atoms with Gasteiger partial charge in [0, 0.05) is 4.47 Å². The molecule has 2 aromatic carbocycles. The molecule has 19 heavy (non-hydrogen) atoms. The van der Waals surface area contributed by atoms with Crippen molar-refractivity contribution in [1.29, 1.82) is 0 Å². The van der Waals surface area contributed by atoms with Crippen molar-refractivity contribution < 1.29 is 13.5 Å². The molecule has 0 aromatic heterocycles. The van der Waals surface area contributed by atoms with Gasteiger partial charge in [0.1, 0.15) is 5.75 Å². The van der Waals surface area contributed by atoms with Gasteiger partial charge in [0.15, 0.2) is 0 Å². The fourth-order valence-electron chi connectivity index (χ4n) is 1.56. The summed E-state index contributed by atoms with van der Waals surface area (Å²) < 4.78 is 27.5. The third-order valence-electron chi connectivity index (χ3n) is 2.58. The Kier molecular flexibility index (Phi) is 3.82. The smallest absolute Gasteiger partial charge is 0.261 e. The van der Waals surface area contributed by atoms with E-state index in [-0.39, 0.29) is 10.6 Å². The molecule has 0 aliphatic heterocycles. The second kappa shape index (κ2) is 5.22. The molecule has 0 bridgehead atoms. The first kappa shape index (κ1) is 13.9. The van der Waals surface area contributed by atoms with E-state index in [9.17, 15) is 8.42 Å². The van der Waals surface area contributed by atoms with Crippen LogP contribution in [0.2, 0.25) is 0 Å². The summed E-state index contributed by atoms with van der Waals surface area (Å²) in [4.78, 5) is 0.0960. The van der Waals surface area contributed by atoms with E-state index in [1.54, 1.807) is 12.1 Å². The molecule has 0 fully saturated rings. The van der Waals surface area contributed by atoms with E-state index in [0.717, 1.165) is 5.56 Å². The second-order valence-electron chi connectivity index (χ2n) is 4.04. The average molecular weight is 342 g/mol. The first-order valence-corrected chi connectivity index (χ1v) is 7.75. The van der Waals surface area contributed by atoms with Crippen molar-refractivity contribution in [2.24, 2.45) is 0 Å². The molecule has 0 aliphatic rings. The summed E-state index contributed by atoms with van der Waals surface area (Å²) in [5, 5.41) is 9.17. The van der Waals surface area contributed by atoms with Crippen LogP contribution in [0.1, 0.15) is 5.56 Å². The van der Waals surface area contributed by atoms with Crippen molar-refractivity contribution in [3.63, 3.8) is 0 Å². The SMILES string of the molecule is Cc1cccc(NS(=O)(=O)c2ccc(O)cc2)c1Br. The summed E-state index contributed by atoms with van der Waals surface area (Å²) in [6.45, 7) is 1.88. The van der Waals surface area contributed by atoms with Gasteiger partial charge < -0.3 is 5.11 Å². The minimum atomic E-state index is -3.66. The number of aryl methyl sites for hydroxylation is 1. The van der Waals surface area contributed by atoms with Crippen LogP contribution < -0.4 is 4.72 Å². The number of aromatic hydroxyl groups is 1. The molecule has 2 N–H and O–H groups in total. The maximum Gasteiger partial charge on any atom is 0.261 e. The Morgan fingerprint density at radius 3 is 2.37 bits per heavy atom. The van der Waals surface area contributed by atoms with Crippen molar-refractivity contribution in [2.45, 2.75) is 11.8 Å². The van der Waals surface area contributed by atoms with Crippen LogP contribution in [0.3, 0.4) is 0 Å². The number of benzene rings is 2. The summed E-state index contributed by atoms with van der Waals surface area (Å²) in [6, 6.07) is 10.7. The van der Waals surface area contributed by atoms with Crippen LogP contribution in [0, 0.1) is 6.92 Å². The first-order chi connectivity index (χ1) is 8.90. The number of phenols is 1. The highest BCUT2D eigenvalue weighted by atomic mass is 79.9. The maximum absolute atomic E-state index is 12.2. The predicted molar refractivity (Wildman–Crippen MR) is 77.8 cm³/mol. The van der Waals surface area contributed by atoms with Gasteiger partial charge >= 0.3 is 0 Å². The molecule has 0 aliphatic carbocycles. The van der Waals surface area contributed by atoms with Gasteiger partial charge in [-0.3, -0.25) is 4.72 Å². The lowest BCUT2D eigenvalue weighted by atomic mass is 10.2. The van der Waals surface area contributed by atoms with E-state index >= 15 is 0 Å². The number of hydrogen-bond acceptors (Lipinski definition) is 3. The lowest BCUT2D eigenvalue weighted by Crippen LogP contribution is -2.13. The number of phenolic OH excluding ortho intramolecular Hbond substituents is 1. The minimum Gasteiger partial charge on any atom is -0.508 e. The monoisotopic (exact) mass is 341 g/mol. The second-order valence-corrected chi connectivity index (χ2v) is 6.51. The Morgan fingerprint density at radius 1 is 1.11 bits per heavy atom. The standard InChI is InChI=1S/C13H12BrNO3S/c1-9-3-2-4-12(13(9)14)15-19(17,18)11-7-5-10(16)6-8-11/h2-8,15-16H,1H3. The zero-order valence-electron chi connectivity index (χ0n) is 10.1. The largest absolute Gasteiger partial charge is 0.508 e. The summed E-state index contributed by atoms with van der Waals surface area (Å²) in [6.07, 6.45) is 0. The number of rotatable bonds is 3. The molecule has 4 nitrogen and oxygen atoms in total. The van der Waals surface area contributed by atoms with Gasteiger partial charge in [-0.15, -0.1) is 0 Å². The number of halogens is 1. The van der Waals surface area contributed by atoms with E-state index < -0.39 is 10.0 Å². The Bertz CT molecular complexity index is 696. The summed E-state index contributed by atoms with van der Waals surface area (Å²) in [5.41, 5.74) is 1.42.